The van der Waals surface area contributed by atoms with Crippen molar-refractivity contribution in [2.24, 2.45) is 5.92 Å². The van der Waals surface area contributed by atoms with Gasteiger partial charge in [0.2, 0.25) is 0 Å². The largest absolute Gasteiger partial charge is 0.454 e. The molecule has 1 aromatic carbocycles. The van der Waals surface area contributed by atoms with Gasteiger partial charge in [-0.25, -0.2) is 4.79 Å². The van der Waals surface area contributed by atoms with Crippen LogP contribution in [0.25, 0.3) is 0 Å². The lowest BCUT2D eigenvalue weighted by Crippen LogP contribution is -2.46. The fraction of sp³-hybridized carbons (Fsp3) is 0.438. The van der Waals surface area contributed by atoms with Gasteiger partial charge in [-0.15, -0.1) is 0 Å². The van der Waals surface area contributed by atoms with E-state index in [2.05, 4.69) is 10.6 Å². The van der Waals surface area contributed by atoms with Gasteiger partial charge in [-0.05, 0) is 18.1 Å². The Morgan fingerprint density at radius 3 is 2.36 bits per heavy atom. The van der Waals surface area contributed by atoms with Crippen molar-refractivity contribution in [1.82, 2.24) is 10.6 Å². The molecule has 1 rings (SSSR count). The third kappa shape index (κ3) is 5.20. The van der Waals surface area contributed by atoms with Crippen LogP contribution in [-0.4, -0.2) is 37.5 Å². The minimum Gasteiger partial charge on any atom is -0.454 e. The highest BCUT2D eigenvalue weighted by Gasteiger charge is 2.28. The van der Waals surface area contributed by atoms with Crippen molar-refractivity contribution in [3.8, 4) is 0 Å². The van der Waals surface area contributed by atoms with Gasteiger partial charge in [0, 0.05) is 12.6 Å². The Balaban J connectivity index is 2.74. The van der Waals surface area contributed by atoms with Crippen LogP contribution in [-0.2, 0) is 14.3 Å². The van der Waals surface area contributed by atoms with Crippen molar-refractivity contribution in [3.05, 3.63) is 35.9 Å². The smallest absolute Gasteiger partial charge is 0.329 e. The first-order chi connectivity index (χ1) is 10.5. The number of ether oxygens (including phenoxy) is 1. The lowest BCUT2D eigenvalue weighted by atomic mass is 9.99. The van der Waals surface area contributed by atoms with Crippen LogP contribution in [0.2, 0.25) is 0 Å². The average molecular weight is 306 g/mol. The SMILES string of the molecule is CCC(C)C(NC(=O)c1ccccc1)C(=O)OCC(=O)NC. The van der Waals surface area contributed by atoms with Crippen molar-refractivity contribution in [2.75, 3.05) is 13.7 Å². The molecule has 0 aliphatic heterocycles. The number of carbonyl (C=O) groups is 3. The maximum Gasteiger partial charge on any atom is 0.329 e. The van der Waals surface area contributed by atoms with Gasteiger partial charge >= 0.3 is 5.97 Å². The first kappa shape index (κ1) is 17.7. The number of amides is 2. The second-order valence-electron chi connectivity index (χ2n) is 4.98. The molecule has 6 nitrogen and oxygen atoms in total. The van der Waals surface area contributed by atoms with E-state index in [-0.39, 0.29) is 18.4 Å². The molecule has 22 heavy (non-hydrogen) atoms. The molecule has 0 saturated carbocycles. The van der Waals surface area contributed by atoms with E-state index in [0.717, 1.165) is 0 Å². The summed E-state index contributed by atoms with van der Waals surface area (Å²) < 4.78 is 4.95. The van der Waals surface area contributed by atoms with E-state index in [1.54, 1.807) is 30.3 Å². The molecule has 1 aromatic rings. The molecular weight excluding hydrogens is 284 g/mol. The number of esters is 1. The molecular formula is C16H22N2O4. The predicted molar refractivity (Wildman–Crippen MR) is 82.2 cm³/mol. The Kier molecular flexibility index (Phi) is 7.08. The van der Waals surface area contributed by atoms with Crippen LogP contribution in [0.3, 0.4) is 0 Å². The van der Waals surface area contributed by atoms with E-state index in [4.69, 9.17) is 4.74 Å². The number of carbonyl (C=O) groups excluding carboxylic acids is 3. The van der Waals surface area contributed by atoms with Crippen molar-refractivity contribution >= 4 is 17.8 Å². The average Bonchev–Trinajstić information content (AvgIpc) is 2.56. The fourth-order valence-electron chi connectivity index (χ4n) is 1.78. The van der Waals surface area contributed by atoms with Crippen molar-refractivity contribution in [2.45, 2.75) is 26.3 Å². The summed E-state index contributed by atoms with van der Waals surface area (Å²) in [6, 6.07) is 7.84. The molecule has 0 aromatic heterocycles. The Morgan fingerprint density at radius 2 is 1.82 bits per heavy atom. The fourth-order valence-corrected chi connectivity index (χ4v) is 1.78. The Labute approximate surface area is 130 Å². The zero-order valence-electron chi connectivity index (χ0n) is 13.1. The molecule has 2 N–H and O–H groups in total. The summed E-state index contributed by atoms with van der Waals surface area (Å²) in [5.41, 5.74) is 0.468. The maximum absolute atomic E-state index is 12.2. The first-order valence-electron chi connectivity index (χ1n) is 7.22. The number of nitrogens with one attached hydrogen (secondary N) is 2. The van der Waals surface area contributed by atoms with Crippen LogP contribution in [0.15, 0.2) is 30.3 Å². The van der Waals surface area contributed by atoms with Crippen LogP contribution in [0.4, 0.5) is 0 Å². The molecule has 0 bridgehead atoms. The molecule has 0 saturated heterocycles. The first-order valence-corrected chi connectivity index (χ1v) is 7.22. The van der Waals surface area contributed by atoms with E-state index < -0.39 is 17.9 Å². The summed E-state index contributed by atoms with van der Waals surface area (Å²) in [6.07, 6.45) is 0.689. The van der Waals surface area contributed by atoms with Crippen LogP contribution >= 0.6 is 0 Å². The second-order valence-corrected chi connectivity index (χ2v) is 4.98. The maximum atomic E-state index is 12.2. The van der Waals surface area contributed by atoms with E-state index in [9.17, 15) is 14.4 Å². The zero-order valence-corrected chi connectivity index (χ0v) is 13.1. The topological polar surface area (TPSA) is 84.5 Å². The van der Waals surface area contributed by atoms with Crippen molar-refractivity contribution < 1.29 is 19.1 Å². The molecule has 0 aliphatic rings. The number of rotatable bonds is 7. The molecule has 0 aliphatic carbocycles. The van der Waals surface area contributed by atoms with Gasteiger partial charge in [-0.3, -0.25) is 9.59 Å². The molecule has 0 heterocycles. The van der Waals surface area contributed by atoms with Gasteiger partial charge in [0.25, 0.3) is 11.8 Å². The number of likely N-dealkylation sites (N-methyl/N-ethyl adjacent to an activating group) is 1. The standard InChI is InChI=1S/C16H22N2O4/c1-4-11(2)14(16(21)22-10-13(19)17-3)18-15(20)12-8-6-5-7-9-12/h5-9,11,14H,4,10H2,1-3H3,(H,17,19)(H,18,20). The normalized spacial score (nSPS) is 12.9. The summed E-state index contributed by atoms with van der Waals surface area (Å²) in [6.45, 7) is 3.40. The lowest BCUT2D eigenvalue weighted by molar-refractivity contribution is -0.151. The van der Waals surface area contributed by atoms with E-state index in [1.807, 2.05) is 13.8 Å². The molecule has 2 amide bonds. The van der Waals surface area contributed by atoms with E-state index in [0.29, 0.717) is 12.0 Å². The van der Waals surface area contributed by atoms with E-state index in [1.165, 1.54) is 7.05 Å². The summed E-state index contributed by atoms with van der Waals surface area (Å²) >= 11 is 0. The minimum atomic E-state index is -0.789. The molecule has 6 heteroatoms. The summed E-state index contributed by atoms with van der Waals surface area (Å²) in [5, 5.41) is 5.05. The quantitative estimate of drug-likeness (QED) is 0.739. The number of hydrogen-bond donors (Lipinski definition) is 2. The van der Waals surface area contributed by atoms with Gasteiger partial charge in [0.05, 0.1) is 0 Å². The van der Waals surface area contributed by atoms with E-state index >= 15 is 0 Å². The summed E-state index contributed by atoms with van der Waals surface area (Å²) in [7, 11) is 1.46. The third-order valence-electron chi connectivity index (χ3n) is 3.41. The van der Waals surface area contributed by atoms with Crippen LogP contribution in [0.1, 0.15) is 30.6 Å². The molecule has 2 unspecified atom stereocenters. The summed E-state index contributed by atoms with van der Waals surface area (Å²) in [5.74, 6) is -1.46. The lowest BCUT2D eigenvalue weighted by Gasteiger charge is -2.22. The highest BCUT2D eigenvalue weighted by atomic mass is 16.5. The highest BCUT2D eigenvalue weighted by Crippen LogP contribution is 2.11. The molecule has 120 valence electrons. The third-order valence-corrected chi connectivity index (χ3v) is 3.41. The van der Waals surface area contributed by atoms with Gasteiger partial charge in [0.15, 0.2) is 6.61 Å². The van der Waals surface area contributed by atoms with Crippen LogP contribution < -0.4 is 10.6 Å². The molecule has 0 spiro atoms. The molecule has 0 radical (unpaired) electrons. The van der Waals surface area contributed by atoms with Gasteiger partial charge < -0.3 is 15.4 Å². The Bertz CT molecular complexity index is 516. The van der Waals surface area contributed by atoms with Crippen LogP contribution in [0, 0.1) is 5.92 Å². The zero-order chi connectivity index (χ0) is 16.5. The van der Waals surface area contributed by atoms with Crippen molar-refractivity contribution in [3.63, 3.8) is 0 Å². The highest BCUT2D eigenvalue weighted by molar-refractivity contribution is 5.97. The Morgan fingerprint density at radius 1 is 1.18 bits per heavy atom. The van der Waals surface area contributed by atoms with Gasteiger partial charge in [-0.1, -0.05) is 38.5 Å². The summed E-state index contributed by atoms with van der Waals surface area (Å²) in [4.78, 5) is 35.4. The minimum absolute atomic E-state index is 0.107. The molecule has 2 atom stereocenters. The second kappa shape index (κ2) is 8.81. The van der Waals surface area contributed by atoms with Gasteiger partial charge in [-0.2, -0.15) is 0 Å². The van der Waals surface area contributed by atoms with Crippen LogP contribution in [0.5, 0.6) is 0 Å². The van der Waals surface area contributed by atoms with Gasteiger partial charge in [0.1, 0.15) is 6.04 Å². The monoisotopic (exact) mass is 306 g/mol. The number of hydrogen-bond acceptors (Lipinski definition) is 4. The van der Waals surface area contributed by atoms with Crippen molar-refractivity contribution in [1.29, 1.82) is 0 Å². The Hall–Kier alpha value is -2.37. The number of benzene rings is 1. The molecule has 0 fully saturated rings. The predicted octanol–water partition coefficient (Wildman–Crippen LogP) is 1.12.